The first-order valence-electron chi connectivity index (χ1n) is 5.39. The molecule has 0 saturated heterocycles. The van der Waals surface area contributed by atoms with E-state index < -0.39 is 10.0 Å². The molecule has 100 valence electrons. The van der Waals surface area contributed by atoms with Crippen molar-refractivity contribution in [1.82, 2.24) is 0 Å². The summed E-state index contributed by atoms with van der Waals surface area (Å²) in [6.07, 6.45) is 0.253. The molecule has 1 heterocycles. The van der Waals surface area contributed by atoms with E-state index in [9.17, 15) is 13.2 Å². The maximum Gasteiger partial charge on any atom is 0.238 e. The Hall–Kier alpha value is -1.70. The number of benzene rings is 1. The third kappa shape index (κ3) is 3.88. The van der Waals surface area contributed by atoms with Crippen molar-refractivity contribution >= 4 is 33.0 Å². The first kappa shape index (κ1) is 13.7. The Labute approximate surface area is 115 Å². The van der Waals surface area contributed by atoms with E-state index in [0.717, 1.165) is 5.56 Å². The number of nitrogens with one attached hydrogen (secondary N) is 1. The van der Waals surface area contributed by atoms with Gasteiger partial charge in [-0.3, -0.25) is 4.79 Å². The van der Waals surface area contributed by atoms with Crippen molar-refractivity contribution in [1.29, 1.82) is 0 Å². The number of nitrogens with two attached hydrogens (primary N) is 1. The molecule has 19 heavy (non-hydrogen) atoms. The third-order valence-corrected chi connectivity index (χ3v) is 4.03. The minimum Gasteiger partial charge on any atom is -0.326 e. The van der Waals surface area contributed by atoms with Gasteiger partial charge in [-0.15, -0.1) is 0 Å². The number of carbonyl (C=O) groups is 1. The molecule has 2 rings (SSSR count). The highest BCUT2D eigenvalue weighted by Crippen LogP contribution is 2.15. The number of rotatable bonds is 4. The lowest BCUT2D eigenvalue weighted by atomic mass is 10.2. The van der Waals surface area contributed by atoms with Crippen LogP contribution in [0.3, 0.4) is 0 Å². The summed E-state index contributed by atoms with van der Waals surface area (Å²) in [6, 6.07) is 7.72. The molecule has 1 aromatic carbocycles. The van der Waals surface area contributed by atoms with E-state index in [4.69, 9.17) is 5.14 Å². The number of thiophene rings is 1. The minimum atomic E-state index is -3.76. The van der Waals surface area contributed by atoms with Crippen molar-refractivity contribution in [2.45, 2.75) is 11.3 Å². The molecule has 0 fully saturated rings. The Balaban J connectivity index is 2.09. The fourth-order valence-corrected chi connectivity index (χ4v) is 2.76. The van der Waals surface area contributed by atoms with Gasteiger partial charge in [-0.2, -0.15) is 11.3 Å². The first-order chi connectivity index (χ1) is 8.95. The Morgan fingerprint density at radius 3 is 2.74 bits per heavy atom. The summed E-state index contributed by atoms with van der Waals surface area (Å²) in [5.74, 6) is -0.204. The largest absolute Gasteiger partial charge is 0.326 e. The molecular weight excluding hydrogens is 284 g/mol. The SMILES string of the molecule is NS(=O)(=O)c1cccc(NC(=O)Cc2ccsc2)c1. The zero-order valence-corrected chi connectivity index (χ0v) is 11.5. The van der Waals surface area contributed by atoms with Crippen molar-refractivity contribution in [2.24, 2.45) is 5.14 Å². The predicted octanol–water partition coefficient (Wildman–Crippen LogP) is 1.58. The topological polar surface area (TPSA) is 89.3 Å². The molecule has 0 aliphatic carbocycles. The average Bonchev–Trinajstić information content (AvgIpc) is 2.80. The monoisotopic (exact) mass is 296 g/mol. The van der Waals surface area contributed by atoms with Crippen molar-refractivity contribution in [2.75, 3.05) is 5.32 Å². The molecule has 0 saturated carbocycles. The molecule has 0 spiro atoms. The average molecular weight is 296 g/mol. The second-order valence-corrected chi connectivity index (χ2v) is 6.27. The predicted molar refractivity (Wildman–Crippen MR) is 74.5 cm³/mol. The van der Waals surface area contributed by atoms with Gasteiger partial charge >= 0.3 is 0 Å². The molecule has 5 nitrogen and oxygen atoms in total. The highest BCUT2D eigenvalue weighted by Gasteiger charge is 2.09. The Morgan fingerprint density at radius 1 is 1.32 bits per heavy atom. The second kappa shape index (κ2) is 5.52. The van der Waals surface area contributed by atoms with E-state index in [1.165, 1.54) is 29.5 Å². The van der Waals surface area contributed by atoms with Crippen LogP contribution in [0, 0.1) is 0 Å². The van der Waals surface area contributed by atoms with Gasteiger partial charge in [0.1, 0.15) is 0 Å². The van der Waals surface area contributed by atoms with Crippen molar-refractivity contribution < 1.29 is 13.2 Å². The number of sulfonamides is 1. The van der Waals surface area contributed by atoms with E-state index in [2.05, 4.69) is 5.32 Å². The van der Waals surface area contributed by atoms with Crippen molar-refractivity contribution in [3.05, 3.63) is 46.7 Å². The second-order valence-electron chi connectivity index (χ2n) is 3.93. The number of amides is 1. The standard InChI is InChI=1S/C12H12N2O3S2/c13-19(16,17)11-3-1-2-10(7-11)14-12(15)6-9-4-5-18-8-9/h1-5,7-8H,6H2,(H,14,15)(H2,13,16,17). The summed E-state index contributed by atoms with van der Waals surface area (Å²) in [4.78, 5) is 11.7. The normalized spacial score (nSPS) is 11.2. The lowest BCUT2D eigenvalue weighted by molar-refractivity contribution is -0.115. The molecule has 0 radical (unpaired) electrons. The fourth-order valence-electron chi connectivity index (χ4n) is 1.53. The number of hydrogen-bond acceptors (Lipinski definition) is 4. The van der Waals surface area contributed by atoms with Crippen LogP contribution < -0.4 is 10.5 Å². The highest BCUT2D eigenvalue weighted by atomic mass is 32.2. The van der Waals surface area contributed by atoms with E-state index in [-0.39, 0.29) is 17.2 Å². The number of hydrogen-bond donors (Lipinski definition) is 2. The first-order valence-corrected chi connectivity index (χ1v) is 7.88. The van der Waals surface area contributed by atoms with Crippen molar-refractivity contribution in [3.63, 3.8) is 0 Å². The molecule has 7 heteroatoms. The molecule has 0 unspecified atom stereocenters. The van der Waals surface area contributed by atoms with Crippen LogP contribution in [0.5, 0.6) is 0 Å². The van der Waals surface area contributed by atoms with Crippen LogP contribution in [0.25, 0.3) is 0 Å². The maximum atomic E-state index is 11.8. The number of carbonyl (C=O) groups excluding carboxylic acids is 1. The van der Waals surface area contributed by atoms with Crippen LogP contribution in [-0.2, 0) is 21.2 Å². The molecule has 0 atom stereocenters. The molecule has 2 aromatic rings. The van der Waals surface area contributed by atoms with Gasteiger partial charge in [0.15, 0.2) is 0 Å². The van der Waals surface area contributed by atoms with Gasteiger partial charge in [-0.25, -0.2) is 13.6 Å². The van der Waals surface area contributed by atoms with Gasteiger partial charge in [0.05, 0.1) is 11.3 Å². The Morgan fingerprint density at radius 2 is 2.11 bits per heavy atom. The number of primary sulfonamides is 1. The van der Waals surface area contributed by atoms with E-state index in [1.54, 1.807) is 6.07 Å². The van der Waals surface area contributed by atoms with Gasteiger partial charge < -0.3 is 5.32 Å². The van der Waals surface area contributed by atoms with E-state index in [1.807, 2.05) is 16.8 Å². The quantitative estimate of drug-likeness (QED) is 0.897. The van der Waals surface area contributed by atoms with E-state index in [0.29, 0.717) is 5.69 Å². The van der Waals surface area contributed by atoms with Crippen LogP contribution in [0.4, 0.5) is 5.69 Å². The molecule has 3 N–H and O–H groups in total. The summed E-state index contributed by atoms with van der Waals surface area (Å²) < 4.78 is 22.4. The van der Waals surface area contributed by atoms with Gasteiger partial charge in [-0.05, 0) is 40.6 Å². The molecule has 0 aliphatic heterocycles. The maximum absolute atomic E-state index is 11.8. The summed E-state index contributed by atoms with van der Waals surface area (Å²) in [6.45, 7) is 0. The molecular formula is C12H12N2O3S2. The lowest BCUT2D eigenvalue weighted by Gasteiger charge is -2.06. The highest BCUT2D eigenvalue weighted by molar-refractivity contribution is 7.89. The summed E-state index contributed by atoms with van der Waals surface area (Å²) >= 11 is 1.52. The fraction of sp³-hybridized carbons (Fsp3) is 0.0833. The van der Waals surface area contributed by atoms with Crippen molar-refractivity contribution in [3.8, 4) is 0 Å². The van der Waals surface area contributed by atoms with Crippen LogP contribution in [0.15, 0.2) is 46.0 Å². The Kier molecular flexibility index (Phi) is 3.98. The van der Waals surface area contributed by atoms with Crippen LogP contribution in [0.2, 0.25) is 0 Å². The minimum absolute atomic E-state index is 0.0270. The number of anilines is 1. The van der Waals surface area contributed by atoms with Gasteiger partial charge in [0, 0.05) is 5.69 Å². The van der Waals surface area contributed by atoms with E-state index >= 15 is 0 Å². The van der Waals surface area contributed by atoms with Crippen LogP contribution in [-0.4, -0.2) is 14.3 Å². The van der Waals surface area contributed by atoms with Gasteiger partial charge in [0.2, 0.25) is 15.9 Å². The van der Waals surface area contributed by atoms with Crippen LogP contribution >= 0.6 is 11.3 Å². The molecule has 1 aromatic heterocycles. The van der Waals surface area contributed by atoms with Crippen LogP contribution in [0.1, 0.15) is 5.56 Å². The van der Waals surface area contributed by atoms with Gasteiger partial charge in [0.25, 0.3) is 0 Å². The molecule has 1 amide bonds. The summed E-state index contributed by atoms with van der Waals surface area (Å²) in [5.41, 5.74) is 1.33. The molecule has 0 bridgehead atoms. The summed E-state index contributed by atoms with van der Waals surface area (Å²) in [5, 5.41) is 11.4. The zero-order valence-electron chi connectivity index (χ0n) is 9.87. The summed E-state index contributed by atoms with van der Waals surface area (Å²) in [7, 11) is -3.76. The zero-order chi connectivity index (χ0) is 13.9. The lowest BCUT2D eigenvalue weighted by Crippen LogP contribution is -2.16. The van der Waals surface area contributed by atoms with Gasteiger partial charge in [-0.1, -0.05) is 6.07 Å². The molecule has 0 aliphatic rings. The Bertz CT molecular complexity index is 679. The third-order valence-electron chi connectivity index (χ3n) is 2.39. The smallest absolute Gasteiger partial charge is 0.238 e.